The van der Waals surface area contributed by atoms with Gasteiger partial charge in [0.05, 0.1) is 0 Å². The Balaban J connectivity index is 1.35. The molecule has 2 bridgehead atoms. The van der Waals surface area contributed by atoms with E-state index in [9.17, 15) is 4.79 Å². The maximum absolute atomic E-state index is 12.8. The van der Waals surface area contributed by atoms with Crippen LogP contribution in [-0.2, 0) is 0 Å². The van der Waals surface area contributed by atoms with Gasteiger partial charge in [-0.1, -0.05) is 18.2 Å². The lowest BCUT2D eigenvalue weighted by atomic mass is 9.84. The van der Waals surface area contributed by atoms with Crippen molar-refractivity contribution in [3.63, 3.8) is 0 Å². The highest BCUT2D eigenvalue weighted by atomic mass is 16.3. The Morgan fingerprint density at radius 1 is 1.03 bits per heavy atom. The number of benzene rings is 2. The molecule has 0 aliphatic carbocycles. The molecule has 150 valence electrons. The molecule has 3 aliphatic heterocycles. The highest BCUT2D eigenvalue weighted by Gasteiger charge is 2.35. The summed E-state index contributed by atoms with van der Waals surface area (Å²) in [6.45, 7) is 3.30. The fourth-order valence-corrected chi connectivity index (χ4v) is 4.65. The summed E-state index contributed by atoms with van der Waals surface area (Å²) in [6, 6.07) is 16.7. The average Bonchev–Trinajstić information content (AvgIpc) is 3.18. The largest absolute Gasteiger partial charge is 0.451 e. The van der Waals surface area contributed by atoms with Gasteiger partial charge in [-0.3, -0.25) is 4.79 Å². The molecule has 29 heavy (non-hydrogen) atoms. The topological polar surface area (TPSA) is 48.7 Å². The van der Waals surface area contributed by atoms with Crippen molar-refractivity contribution in [2.75, 3.05) is 38.6 Å². The van der Waals surface area contributed by atoms with Crippen LogP contribution in [0.4, 0.5) is 5.69 Å². The van der Waals surface area contributed by atoms with E-state index in [1.165, 1.54) is 31.6 Å². The van der Waals surface area contributed by atoms with E-state index in [0.29, 0.717) is 11.7 Å². The number of rotatable bonds is 4. The van der Waals surface area contributed by atoms with Crippen LogP contribution in [0, 0.1) is 5.92 Å². The molecule has 1 aromatic heterocycles. The van der Waals surface area contributed by atoms with Crippen LogP contribution in [0.1, 0.15) is 23.4 Å². The van der Waals surface area contributed by atoms with Gasteiger partial charge in [-0.05, 0) is 73.3 Å². The monoisotopic (exact) mass is 389 g/mol. The number of hydrogen-bond donors (Lipinski definition) is 1. The Kier molecular flexibility index (Phi) is 4.55. The number of fused-ring (bicyclic) bond motifs is 4. The first-order valence-electron chi connectivity index (χ1n) is 10.4. The van der Waals surface area contributed by atoms with Gasteiger partial charge in [0.15, 0.2) is 5.76 Å². The minimum Gasteiger partial charge on any atom is -0.451 e. The van der Waals surface area contributed by atoms with Crippen molar-refractivity contribution in [3.05, 3.63) is 54.3 Å². The van der Waals surface area contributed by atoms with Crippen LogP contribution in [0.2, 0.25) is 0 Å². The Labute approximate surface area is 171 Å². The van der Waals surface area contributed by atoms with Crippen LogP contribution >= 0.6 is 0 Å². The van der Waals surface area contributed by atoms with Gasteiger partial charge in [0.1, 0.15) is 5.58 Å². The van der Waals surface area contributed by atoms with Crippen molar-refractivity contribution in [3.8, 4) is 11.1 Å². The maximum atomic E-state index is 12.8. The molecule has 3 aliphatic rings. The minimum absolute atomic E-state index is 0.100. The Morgan fingerprint density at radius 2 is 1.76 bits per heavy atom. The lowest BCUT2D eigenvalue weighted by molar-refractivity contribution is 0.0607. The van der Waals surface area contributed by atoms with E-state index in [1.807, 2.05) is 32.3 Å². The molecule has 1 amide bonds. The van der Waals surface area contributed by atoms with E-state index in [0.717, 1.165) is 28.6 Å². The average molecular weight is 389 g/mol. The van der Waals surface area contributed by atoms with E-state index >= 15 is 0 Å². The summed E-state index contributed by atoms with van der Waals surface area (Å²) in [6.07, 6.45) is 2.36. The van der Waals surface area contributed by atoms with Crippen molar-refractivity contribution in [1.29, 1.82) is 0 Å². The number of nitrogens with one attached hydrogen (secondary N) is 1. The molecule has 1 N–H and O–H groups in total. The predicted octanol–water partition coefficient (Wildman–Crippen LogP) is 3.99. The number of piperidine rings is 3. The molecular weight excluding hydrogens is 362 g/mol. The number of nitrogens with zero attached hydrogens (tertiary/aromatic N) is 2. The SMILES string of the molecule is CN(C)c1ccc(-c2ccc3oc(C(=O)N[C@H]4CN5CCC4CC5)cc3c2)cc1. The number of furan rings is 1. The highest BCUT2D eigenvalue weighted by molar-refractivity contribution is 5.97. The van der Waals surface area contributed by atoms with Crippen LogP contribution in [0.15, 0.2) is 52.9 Å². The van der Waals surface area contributed by atoms with Gasteiger partial charge in [0.25, 0.3) is 5.91 Å². The first-order chi connectivity index (χ1) is 14.1. The van der Waals surface area contributed by atoms with Crippen molar-refractivity contribution >= 4 is 22.6 Å². The molecular formula is C24H27N3O2. The molecule has 0 unspecified atom stereocenters. The van der Waals surface area contributed by atoms with Gasteiger partial charge in [-0.15, -0.1) is 0 Å². The van der Waals surface area contributed by atoms with Gasteiger partial charge in [0, 0.05) is 37.8 Å². The van der Waals surface area contributed by atoms with Crippen LogP contribution in [0.5, 0.6) is 0 Å². The molecule has 0 saturated carbocycles. The lowest BCUT2D eigenvalue weighted by Crippen LogP contribution is -2.57. The van der Waals surface area contributed by atoms with Gasteiger partial charge in [-0.25, -0.2) is 0 Å². The zero-order valence-corrected chi connectivity index (χ0v) is 17.0. The van der Waals surface area contributed by atoms with Gasteiger partial charge in [-0.2, -0.15) is 0 Å². The van der Waals surface area contributed by atoms with E-state index in [1.54, 1.807) is 0 Å². The summed E-state index contributed by atoms with van der Waals surface area (Å²) < 4.78 is 5.86. The van der Waals surface area contributed by atoms with Gasteiger partial charge in [0.2, 0.25) is 0 Å². The first kappa shape index (κ1) is 18.3. The van der Waals surface area contributed by atoms with E-state index in [4.69, 9.17) is 4.42 Å². The number of hydrogen-bond acceptors (Lipinski definition) is 4. The summed E-state index contributed by atoms with van der Waals surface area (Å²) in [5.74, 6) is 0.901. The lowest BCUT2D eigenvalue weighted by Gasteiger charge is -2.44. The molecule has 3 fully saturated rings. The van der Waals surface area contributed by atoms with Gasteiger partial charge < -0.3 is 19.5 Å². The van der Waals surface area contributed by atoms with Crippen LogP contribution < -0.4 is 10.2 Å². The zero-order valence-electron chi connectivity index (χ0n) is 17.0. The number of anilines is 1. The van der Waals surface area contributed by atoms with E-state index < -0.39 is 0 Å². The molecule has 5 nitrogen and oxygen atoms in total. The molecule has 5 heteroatoms. The zero-order chi connectivity index (χ0) is 20.0. The Hall–Kier alpha value is -2.79. The van der Waals surface area contributed by atoms with Crippen molar-refractivity contribution < 1.29 is 9.21 Å². The smallest absolute Gasteiger partial charge is 0.287 e. The third kappa shape index (κ3) is 3.51. The standard InChI is InChI=1S/C24H27N3O2/c1-26(2)20-6-3-16(4-7-20)18-5-8-22-19(13-18)14-23(29-22)24(28)25-21-15-27-11-9-17(21)10-12-27/h3-8,13-14,17,21H,9-12,15H2,1-2H3,(H,25,28)/t21-/m0/s1. The third-order valence-corrected chi connectivity index (χ3v) is 6.43. The number of amides is 1. The number of carbonyl (C=O) groups is 1. The normalized spacial score (nSPS) is 23.3. The Bertz CT molecular complexity index is 1030. The van der Waals surface area contributed by atoms with Crippen molar-refractivity contribution in [2.45, 2.75) is 18.9 Å². The van der Waals surface area contributed by atoms with Crippen molar-refractivity contribution in [2.24, 2.45) is 5.92 Å². The second-order valence-corrected chi connectivity index (χ2v) is 8.52. The van der Waals surface area contributed by atoms with Gasteiger partial charge >= 0.3 is 0 Å². The van der Waals surface area contributed by atoms with Crippen molar-refractivity contribution in [1.82, 2.24) is 10.2 Å². The molecule has 2 aromatic carbocycles. The van der Waals surface area contributed by atoms with Crippen LogP contribution in [0.25, 0.3) is 22.1 Å². The molecule has 3 saturated heterocycles. The predicted molar refractivity (Wildman–Crippen MR) is 116 cm³/mol. The maximum Gasteiger partial charge on any atom is 0.287 e. The fraction of sp³-hybridized carbons (Fsp3) is 0.375. The highest BCUT2D eigenvalue weighted by Crippen LogP contribution is 2.30. The molecule has 0 spiro atoms. The van der Waals surface area contributed by atoms with E-state index in [-0.39, 0.29) is 11.9 Å². The third-order valence-electron chi connectivity index (χ3n) is 6.43. The summed E-state index contributed by atoms with van der Waals surface area (Å²) >= 11 is 0. The summed E-state index contributed by atoms with van der Waals surface area (Å²) in [5, 5.41) is 4.17. The quantitative estimate of drug-likeness (QED) is 0.733. The molecule has 3 aromatic rings. The summed E-state index contributed by atoms with van der Waals surface area (Å²) in [5.41, 5.74) is 4.19. The summed E-state index contributed by atoms with van der Waals surface area (Å²) in [7, 11) is 4.07. The molecule has 0 radical (unpaired) electrons. The minimum atomic E-state index is -0.100. The van der Waals surface area contributed by atoms with Crippen LogP contribution in [0.3, 0.4) is 0 Å². The molecule has 1 atom stereocenters. The second kappa shape index (κ2) is 7.23. The van der Waals surface area contributed by atoms with E-state index in [2.05, 4.69) is 45.4 Å². The number of carbonyl (C=O) groups excluding carboxylic acids is 1. The fourth-order valence-electron chi connectivity index (χ4n) is 4.65. The Morgan fingerprint density at radius 3 is 2.41 bits per heavy atom. The summed E-state index contributed by atoms with van der Waals surface area (Å²) in [4.78, 5) is 17.3. The second-order valence-electron chi connectivity index (χ2n) is 8.52. The van der Waals surface area contributed by atoms with Crippen LogP contribution in [-0.4, -0.2) is 50.6 Å². The first-order valence-corrected chi connectivity index (χ1v) is 10.4. The molecule has 4 heterocycles. The molecule has 6 rings (SSSR count).